The summed E-state index contributed by atoms with van der Waals surface area (Å²) in [5.41, 5.74) is 4.81. The Morgan fingerprint density at radius 2 is 1.82 bits per heavy atom. The molecule has 2 aromatic heterocycles. The molecule has 1 fully saturated rings. The van der Waals surface area contributed by atoms with E-state index in [0.717, 1.165) is 59.3 Å². The number of fused-ring (bicyclic) bond motifs is 1. The lowest BCUT2D eigenvalue weighted by Gasteiger charge is -2.33. The molecule has 1 aliphatic rings. The fourth-order valence-electron chi connectivity index (χ4n) is 4.84. The molecule has 0 spiro atoms. The molecular formula is C26H30N6O2. The summed E-state index contributed by atoms with van der Waals surface area (Å²) in [5.74, 6) is 1.49. The largest absolute Gasteiger partial charge is 0.497 e. The maximum atomic E-state index is 13.4. The normalized spacial score (nSPS) is 15.5. The SMILES string of the molecule is COc1ccc(Cn2nnnc2C(c2cc3ccc(C)c(C)c3[nH]c2=O)N2CCCCC2)cc1. The van der Waals surface area contributed by atoms with Crippen molar-refractivity contribution in [2.45, 2.75) is 45.7 Å². The molecule has 0 saturated carbocycles. The average Bonchev–Trinajstić information content (AvgIpc) is 3.31. The Kier molecular flexibility index (Phi) is 6.15. The van der Waals surface area contributed by atoms with Crippen LogP contribution in [-0.4, -0.2) is 50.3 Å². The second kappa shape index (κ2) is 9.38. The zero-order valence-electron chi connectivity index (χ0n) is 19.9. The van der Waals surface area contributed by atoms with Gasteiger partial charge >= 0.3 is 0 Å². The summed E-state index contributed by atoms with van der Waals surface area (Å²) in [6.07, 6.45) is 3.40. The number of hydrogen-bond donors (Lipinski definition) is 1. The molecule has 0 radical (unpaired) electrons. The van der Waals surface area contributed by atoms with Gasteiger partial charge in [-0.3, -0.25) is 9.69 Å². The van der Waals surface area contributed by atoms with Crippen molar-refractivity contribution < 1.29 is 4.74 Å². The van der Waals surface area contributed by atoms with E-state index in [1.807, 2.05) is 41.9 Å². The Morgan fingerprint density at radius 3 is 2.56 bits per heavy atom. The van der Waals surface area contributed by atoms with E-state index in [9.17, 15) is 4.79 Å². The fraction of sp³-hybridized carbons (Fsp3) is 0.385. The molecule has 34 heavy (non-hydrogen) atoms. The number of aromatic nitrogens is 5. The number of piperidine rings is 1. The maximum absolute atomic E-state index is 13.4. The molecule has 0 bridgehead atoms. The number of rotatable bonds is 6. The van der Waals surface area contributed by atoms with Crippen LogP contribution in [0.3, 0.4) is 0 Å². The van der Waals surface area contributed by atoms with Crippen molar-refractivity contribution in [3.63, 3.8) is 0 Å². The van der Waals surface area contributed by atoms with Crippen LogP contribution in [0, 0.1) is 13.8 Å². The number of aromatic amines is 1. The highest BCUT2D eigenvalue weighted by Crippen LogP contribution is 2.30. The minimum atomic E-state index is -0.316. The first kappa shape index (κ1) is 22.3. The summed E-state index contributed by atoms with van der Waals surface area (Å²) in [7, 11) is 1.65. The monoisotopic (exact) mass is 458 g/mol. The molecule has 1 unspecified atom stereocenters. The van der Waals surface area contributed by atoms with E-state index in [0.29, 0.717) is 17.9 Å². The second-order valence-corrected chi connectivity index (χ2v) is 9.07. The van der Waals surface area contributed by atoms with Crippen LogP contribution >= 0.6 is 0 Å². The number of nitrogens with zero attached hydrogens (tertiary/aromatic N) is 5. The van der Waals surface area contributed by atoms with Crippen LogP contribution in [0.25, 0.3) is 10.9 Å². The molecule has 1 atom stereocenters. The van der Waals surface area contributed by atoms with Crippen LogP contribution in [0.4, 0.5) is 0 Å². The smallest absolute Gasteiger partial charge is 0.253 e. The Labute approximate surface area is 198 Å². The molecule has 0 aliphatic carbocycles. The number of nitrogens with one attached hydrogen (secondary N) is 1. The van der Waals surface area contributed by atoms with Crippen LogP contribution in [0.5, 0.6) is 5.75 Å². The number of aryl methyl sites for hydroxylation is 2. The van der Waals surface area contributed by atoms with Gasteiger partial charge in [0.05, 0.1) is 19.2 Å². The summed E-state index contributed by atoms with van der Waals surface area (Å²) in [6, 6.07) is 13.8. The molecule has 1 saturated heterocycles. The van der Waals surface area contributed by atoms with Crippen molar-refractivity contribution in [1.82, 2.24) is 30.1 Å². The number of H-pyrrole nitrogens is 1. The quantitative estimate of drug-likeness (QED) is 0.473. The molecule has 2 aromatic carbocycles. The first-order valence-electron chi connectivity index (χ1n) is 11.8. The third-order valence-electron chi connectivity index (χ3n) is 6.93. The lowest BCUT2D eigenvalue weighted by molar-refractivity contribution is 0.177. The van der Waals surface area contributed by atoms with Gasteiger partial charge in [0.25, 0.3) is 5.56 Å². The maximum Gasteiger partial charge on any atom is 0.253 e. The summed E-state index contributed by atoms with van der Waals surface area (Å²) < 4.78 is 7.09. The van der Waals surface area contributed by atoms with Gasteiger partial charge in [-0.2, -0.15) is 0 Å². The molecule has 3 heterocycles. The van der Waals surface area contributed by atoms with Crippen LogP contribution < -0.4 is 10.3 Å². The molecule has 0 amide bonds. The van der Waals surface area contributed by atoms with Gasteiger partial charge < -0.3 is 9.72 Å². The summed E-state index contributed by atoms with van der Waals surface area (Å²) >= 11 is 0. The zero-order valence-corrected chi connectivity index (χ0v) is 19.9. The van der Waals surface area contributed by atoms with E-state index < -0.39 is 0 Å². The van der Waals surface area contributed by atoms with Crippen LogP contribution in [0.2, 0.25) is 0 Å². The molecule has 176 valence electrons. The standard InChI is InChI=1S/C26H30N6O2/c1-17-7-10-20-15-22(26(33)27-23(20)18(17)2)24(31-13-5-4-6-14-31)25-28-29-30-32(25)16-19-8-11-21(34-3)12-9-19/h7-12,15,24H,4-6,13-14,16H2,1-3H3,(H,27,33). The second-order valence-electron chi connectivity index (χ2n) is 9.07. The van der Waals surface area contributed by atoms with Crippen molar-refractivity contribution in [2.24, 2.45) is 0 Å². The van der Waals surface area contributed by atoms with Crippen LogP contribution in [0.1, 0.15) is 53.4 Å². The lowest BCUT2D eigenvalue weighted by Crippen LogP contribution is -2.38. The van der Waals surface area contributed by atoms with Crippen molar-refractivity contribution >= 4 is 10.9 Å². The van der Waals surface area contributed by atoms with Crippen molar-refractivity contribution in [3.8, 4) is 5.75 Å². The molecule has 8 heteroatoms. The third kappa shape index (κ3) is 4.21. The molecule has 1 N–H and O–H groups in total. The van der Waals surface area contributed by atoms with E-state index >= 15 is 0 Å². The first-order chi connectivity index (χ1) is 16.5. The van der Waals surface area contributed by atoms with E-state index in [4.69, 9.17) is 4.74 Å². The van der Waals surface area contributed by atoms with E-state index in [1.165, 1.54) is 6.42 Å². The van der Waals surface area contributed by atoms with Gasteiger partial charge in [0, 0.05) is 5.56 Å². The third-order valence-corrected chi connectivity index (χ3v) is 6.93. The average molecular weight is 459 g/mol. The number of ether oxygens (including phenoxy) is 1. The lowest BCUT2D eigenvalue weighted by atomic mass is 9.98. The van der Waals surface area contributed by atoms with E-state index in [2.05, 4.69) is 44.5 Å². The molecular weight excluding hydrogens is 428 g/mol. The van der Waals surface area contributed by atoms with Crippen molar-refractivity contribution in [1.29, 1.82) is 0 Å². The van der Waals surface area contributed by atoms with Gasteiger partial charge in [-0.1, -0.05) is 30.7 Å². The molecule has 5 rings (SSSR count). The van der Waals surface area contributed by atoms with Gasteiger partial charge in [-0.05, 0) is 90.5 Å². The van der Waals surface area contributed by atoms with Gasteiger partial charge in [0.15, 0.2) is 5.82 Å². The number of methoxy groups -OCH3 is 1. The predicted molar refractivity (Wildman–Crippen MR) is 131 cm³/mol. The first-order valence-corrected chi connectivity index (χ1v) is 11.8. The Morgan fingerprint density at radius 1 is 1.06 bits per heavy atom. The van der Waals surface area contributed by atoms with E-state index in [-0.39, 0.29) is 11.6 Å². The zero-order chi connectivity index (χ0) is 23.7. The highest BCUT2D eigenvalue weighted by Gasteiger charge is 2.31. The topological polar surface area (TPSA) is 88.9 Å². The van der Waals surface area contributed by atoms with Crippen LogP contribution in [-0.2, 0) is 6.54 Å². The van der Waals surface area contributed by atoms with Gasteiger partial charge in [-0.15, -0.1) is 5.10 Å². The van der Waals surface area contributed by atoms with Crippen molar-refractivity contribution in [2.75, 3.05) is 20.2 Å². The Balaban J connectivity index is 1.59. The Bertz CT molecular complexity index is 1350. The fourth-order valence-corrected chi connectivity index (χ4v) is 4.84. The number of hydrogen-bond acceptors (Lipinski definition) is 6. The molecule has 8 nitrogen and oxygen atoms in total. The highest BCUT2D eigenvalue weighted by atomic mass is 16.5. The van der Waals surface area contributed by atoms with E-state index in [1.54, 1.807) is 7.11 Å². The highest BCUT2D eigenvalue weighted by molar-refractivity contribution is 5.83. The number of benzene rings is 2. The van der Waals surface area contributed by atoms with Gasteiger partial charge in [0.1, 0.15) is 11.8 Å². The number of likely N-dealkylation sites (tertiary alicyclic amines) is 1. The minimum absolute atomic E-state index is 0.0872. The molecule has 4 aromatic rings. The predicted octanol–water partition coefficient (Wildman–Crippen LogP) is 3.76. The summed E-state index contributed by atoms with van der Waals surface area (Å²) in [4.78, 5) is 18.9. The van der Waals surface area contributed by atoms with Gasteiger partial charge in [-0.25, -0.2) is 4.68 Å². The van der Waals surface area contributed by atoms with Crippen LogP contribution in [0.15, 0.2) is 47.3 Å². The summed E-state index contributed by atoms with van der Waals surface area (Å²) in [5, 5.41) is 13.8. The molecule has 1 aliphatic heterocycles. The number of tetrazole rings is 1. The number of pyridine rings is 1. The Hall–Kier alpha value is -3.52. The van der Waals surface area contributed by atoms with Crippen molar-refractivity contribution in [3.05, 3.63) is 80.9 Å². The van der Waals surface area contributed by atoms with Gasteiger partial charge in [0.2, 0.25) is 0 Å². The minimum Gasteiger partial charge on any atom is -0.497 e. The summed E-state index contributed by atoms with van der Waals surface area (Å²) in [6.45, 7) is 6.44.